The number of methoxy groups -OCH3 is 1. The van der Waals surface area contributed by atoms with Crippen LogP contribution in [-0.2, 0) is 17.6 Å². The number of carbonyl (C=O) groups excluding carboxylic acids is 1. The molecule has 0 aliphatic rings. The number of nitrogens with one attached hydrogen (secondary N) is 1. The molecule has 43 heavy (non-hydrogen) atoms. The molecule has 0 saturated carbocycles. The van der Waals surface area contributed by atoms with Crippen LogP contribution in [0.15, 0.2) is 108 Å². The second kappa shape index (κ2) is 13.5. The maximum absolute atomic E-state index is 13.1. The quantitative estimate of drug-likeness (QED) is 0.151. The van der Waals surface area contributed by atoms with E-state index in [9.17, 15) is 14.7 Å². The Kier molecular flexibility index (Phi) is 9.17. The Hall–Kier alpha value is -5.37. The molecule has 0 radical (unpaired) electrons. The summed E-state index contributed by atoms with van der Waals surface area (Å²) in [6.07, 6.45) is 0.787. The number of carboxylic acid groups (broad SMARTS) is 1. The van der Waals surface area contributed by atoms with Gasteiger partial charge in [0, 0.05) is 35.2 Å². The Morgan fingerprint density at radius 3 is 2.26 bits per heavy atom. The van der Waals surface area contributed by atoms with Crippen molar-refractivity contribution in [1.29, 1.82) is 0 Å². The van der Waals surface area contributed by atoms with Crippen LogP contribution in [-0.4, -0.2) is 41.6 Å². The van der Waals surface area contributed by atoms with Gasteiger partial charge in [-0.2, -0.15) is 0 Å². The van der Waals surface area contributed by atoms with E-state index in [0.717, 1.165) is 28.3 Å². The number of carbonyl (C=O) groups is 2. The van der Waals surface area contributed by atoms with Gasteiger partial charge in [0.15, 0.2) is 5.78 Å². The van der Waals surface area contributed by atoms with Gasteiger partial charge in [-0.05, 0) is 61.0 Å². The highest BCUT2D eigenvalue weighted by Crippen LogP contribution is 2.25. The molecule has 5 aromatic rings. The molecule has 2 N–H and O–H groups in total. The number of aromatic nitrogens is 1. The first-order valence-electron chi connectivity index (χ1n) is 13.9. The lowest BCUT2D eigenvalue weighted by atomic mass is 10.00. The first-order chi connectivity index (χ1) is 20.9. The second-order valence-electron chi connectivity index (χ2n) is 9.97. The zero-order chi connectivity index (χ0) is 30.2. The summed E-state index contributed by atoms with van der Waals surface area (Å²) in [4.78, 5) is 29.9. The fourth-order valence-corrected chi connectivity index (χ4v) is 4.68. The number of anilines is 1. The molecule has 0 aliphatic carbocycles. The smallest absolute Gasteiger partial charge is 0.326 e. The lowest BCUT2D eigenvalue weighted by Gasteiger charge is -2.18. The van der Waals surface area contributed by atoms with E-state index in [2.05, 4.69) is 10.3 Å². The van der Waals surface area contributed by atoms with Crippen LogP contribution >= 0.6 is 0 Å². The Bertz CT molecular complexity index is 1680. The molecule has 0 fully saturated rings. The molecule has 1 atom stereocenters. The normalized spacial score (nSPS) is 11.5. The molecular formula is C35H32N2O6. The highest BCUT2D eigenvalue weighted by Gasteiger charge is 2.21. The Balaban J connectivity index is 1.18. The molecule has 0 bridgehead atoms. The van der Waals surface area contributed by atoms with Gasteiger partial charge in [0.2, 0.25) is 5.89 Å². The van der Waals surface area contributed by atoms with Crippen molar-refractivity contribution in [3.8, 4) is 23.0 Å². The molecule has 8 heteroatoms. The lowest BCUT2D eigenvalue weighted by molar-refractivity contribution is -0.137. The molecular weight excluding hydrogens is 544 g/mol. The van der Waals surface area contributed by atoms with Crippen LogP contribution in [0.4, 0.5) is 5.69 Å². The topological polar surface area (TPSA) is 111 Å². The number of hydrogen-bond acceptors (Lipinski definition) is 7. The minimum absolute atomic E-state index is 0.174. The van der Waals surface area contributed by atoms with Gasteiger partial charge in [0.25, 0.3) is 0 Å². The number of para-hydroxylation sites is 1. The molecule has 0 aliphatic heterocycles. The molecule has 4 aromatic carbocycles. The van der Waals surface area contributed by atoms with Crippen molar-refractivity contribution in [2.75, 3.05) is 19.0 Å². The number of hydrogen-bond donors (Lipinski definition) is 2. The number of nitrogens with zero attached hydrogens (tertiary/aromatic N) is 1. The van der Waals surface area contributed by atoms with Gasteiger partial charge < -0.3 is 24.3 Å². The molecule has 0 spiro atoms. The summed E-state index contributed by atoms with van der Waals surface area (Å²) in [7, 11) is 1.62. The van der Waals surface area contributed by atoms with Gasteiger partial charge in [0.1, 0.15) is 23.3 Å². The number of ether oxygens (including phenoxy) is 2. The maximum atomic E-state index is 13.1. The Labute approximate surface area is 249 Å². The van der Waals surface area contributed by atoms with Crippen LogP contribution in [0.5, 0.6) is 11.5 Å². The van der Waals surface area contributed by atoms with E-state index in [-0.39, 0.29) is 12.2 Å². The van der Waals surface area contributed by atoms with E-state index >= 15 is 0 Å². The number of carboxylic acids is 1. The first-order valence-corrected chi connectivity index (χ1v) is 13.9. The zero-order valence-corrected chi connectivity index (χ0v) is 23.9. The fourth-order valence-electron chi connectivity index (χ4n) is 4.68. The second-order valence-corrected chi connectivity index (χ2v) is 9.97. The standard InChI is InChI=1S/C35H32N2O6/c1-23-30(37-34(43-23)26-14-18-27(41-2)19-15-26)20-21-42-28-16-12-24(13-17-28)22-32(35(39)40)36-31-11-7-6-10-29(31)33(38)25-8-4-3-5-9-25/h3-19,32,36H,20-22H2,1-2H3,(H,39,40). The molecule has 0 saturated heterocycles. The fraction of sp³-hybridized carbons (Fsp3) is 0.171. The number of oxazole rings is 1. The summed E-state index contributed by atoms with van der Waals surface area (Å²) in [5.74, 6) is 1.53. The van der Waals surface area contributed by atoms with Crippen LogP contribution in [0.3, 0.4) is 0 Å². The van der Waals surface area contributed by atoms with E-state index in [1.54, 1.807) is 55.6 Å². The molecule has 0 amide bonds. The van der Waals surface area contributed by atoms with Crippen molar-refractivity contribution in [2.24, 2.45) is 0 Å². The molecule has 1 unspecified atom stereocenters. The van der Waals surface area contributed by atoms with Crippen molar-refractivity contribution < 1.29 is 28.6 Å². The van der Waals surface area contributed by atoms with E-state index in [1.165, 1.54) is 0 Å². The average Bonchev–Trinajstić information content (AvgIpc) is 3.41. The van der Waals surface area contributed by atoms with Crippen molar-refractivity contribution in [3.05, 3.63) is 131 Å². The van der Waals surface area contributed by atoms with E-state index in [0.29, 0.717) is 41.5 Å². The van der Waals surface area contributed by atoms with Crippen LogP contribution in [0.2, 0.25) is 0 Å². The predicted octanol–water partition coefficient (Wildman–Crippen LogP) is 6.62. The van der Waals surface area contributed by atoms with Gasteiger partial charge in [0.05, 0.1) is 19.4 Å². The number of rotatable bonds is 13. The first kappa shape index (κ1) is 29.1. The minimum atomic E-state index is -1.01. The van der Waals surface area contributed by atoms with Crippen molar-refractivity contribution in [1.82, 2.24) is 4.98 Å². The monoisotopic (exact) mass is 576 g/mol. The molecule has 8 nitrogen and oxygen atoms in total. The summed E-state index contributed by atoms with van der Waals surface area (Å²) in [6, 6.07) is 29.8. The Morgan fingerprint density at radius 1 is 0.884 bits per heavy atom. The van der Waals surface area contributed by atoms with Gasteiger partial charge >= 0.3 is 5.97 Å². The Morgan fingerprint density at radius 2 is 1.56 bits per heavy atom. The number of ketones is 1. The third kappa shape index (κ3) is 7.29. The van der Waals surface area contributed by atoms with Gasteiger partial charge in [-0.3, -0.25) is 4.79 Å². The molecule has 5 rings (SSSR count). The lowest BCUT2D eigenvalue weighted by Crippen LogP contribution is -2.32. The highest BCUT2D eigenvalue weighted by atomic mass is 16.5. The van der Waals surface area contributed by atoms with Gasteiger partial charge in [-0.15, -0.1) is 0 Å². The summed E-state index contributed by atoms with van der Waals surface area (Å²) >= 11 is 0. The van der Waals surface area contributed by atoms with Gasteiger partial charge in [-0.1, -0.05) is 54.6 Å². The SMILES string of the molecule is COc1ccc(-c2nc(CCOc3ccc(CC(Nc4ccccc4C(=O)c4ccccc4)C(=O)O)cc3)c(C)o2)cc1. The number of benzene rings is 4. The van der Waals surface area contributed by atoms with Crippen LogP contribution < -0.4 is 14.8 Å². The van der Waals surface area contributed by atoms with Crippen molar-refractivity contribution >= 4 is 17.4 Å². The number of aliphatic carboxylic acids is 1. The number of aryl methyl sites for hydroxylation is 1. The maximum Gasteiger partial charge on any atom is 0.326 e. The van der Waals surface area contributed by atoms with Crippen LogP contribution in [0.25, 0.3) is 11.5 Å². The summed E-state index contributed by atoms with van der Waals surface area (Å²) < 4.78 is 17.0. The summed E-state index contributed by atoms with van der Waals surface area (Å²) in [5.41, 5.74) is 3.94. The van der Waals surface area contributed by atoms with Crippen LogP contribution in [0.1, 0.15) is 32.9 Å². The highest BCUT2D eigenvalue weighted by molar-refractivity contribution is 6.12. The molecule has 1 heterocycles. The van der Waals surface area contributed by atoms with E-state index in [1.807, 2.05) is 61.5 Å². The molecule has 1 aromatic heterocycles. The third-order valence-corrected chi connectivity index (χ3v) is 7.04. The zero-order valence-electron chi connectivity index (χ0n) is 23.9. The van der Waals surface area contributed by atoms with E-state index in [4.69, 9.17) is 13.9 Å². The van der Waals surface area contributed by atoms with E-state index < -0.39 is 12.0 Å². The average molecular weight is 577 g/mol. The van der Waals surface area contributed by atoms with Gasteiger partial charge in [-0.25, -0.2) is 9.78 Å². The molecule has 218 valence electrons. The van der Waals surface area contributed by atoms with Crippen molar-refractivity contribution in [3.63, 3.8) is 0 Å². The predicted molar refractivity (Wildman–Crippen MR) is 164 cm³/mol. The largest absolute Gasteiger partial charge is 0.497 e. The summed E-state index contributed by atoms with van der Waals surface area (Å²) in [6.45, 7) is 2.29. The van der Waals surface area contributed by atoms with Crippen molar-refractivity contribution in [2.45, 2.75) is 25.8 Å². The minimum Gasteiger partial charge on any atom is -0.497 e. The third-order valence-electron chi connectivity index (χ3n) is 7.04. The summed E-state index contributed by atoms with van der Waals surface area (Å²) in [5, 5.41) is 13.0. The van der Waals surface area contributed by atoms with Crippen LogP contribution in [0, 0.1) is 6.92 Å².